The van der Waals surface area contributed by atoms with Crippen LogP contribution in [0.15, 0.2) is 0 Å². The number of amides is 23. The van der Waals surface area contributed by atoms with Gasteiger partial charge in [0.1, 0.15) is 66.5 Å². The van der Waals surface area contributed by atoms with Crippen LogP contribution in [0.5, 0.6) is 0 Å². The molecule has 49 nitrogen and oxygen atoms in total. The molecule has 97 heavy (non-hydrogen) atoms. The number of primary amides is 12. The van der Waals surface area contributed by atoms with E-state index in [2.05, 4.69) is 0 Å². The van der Waals surface area contributed by atoms with Crippen LogP contribution < -0.4 is 133 Å². The van der Waals surface area contributed by atoms with Gasteiger partial charge in [-0.1, -0.05) is 0 Å². The van der Waals surface area contributed by atoms with Crippen molar-refractivity contribution in [1.29, 1.82) is 0 Å². The van der Waals surface area contributed by atoms with Crippen LogP contribution in [-0.2, 0) is 115 Å². The quantitative estimate of drug-likeness (QED) is 0.0269. The first-order valence-electron chi connectivity index (χ1n) is 27.5. The van der Waals surface area contributed by atoms with Crippen molar-refractivity contribution in [3.05, 3.63) is 0 Å². The van der Waals surface area contributed by atoms with E-state index in [0.29, 0.717) is 0 Å². The molecule has 0 unspecified atom stereocenters. The van der Waals surface area contributed by atoms with Crippen LogP contribution in [0.2, 0.25) is 0 Å². The van der Waals surface area contributed by atoms with Gasteiger partial charge in [-0.25, -0.2) is 4.79 Å². The fourth-order valence-corrected chi connectivity index (χ4v) is 7.82. The Kier molecular flexibility index (Phi) is 35.0. The molecule has 0 heterocycles. The number of rotatable bonds is 47. The minimum Gasteiger partial charge on any atom is -0.480 e. The summed E-state index contributed by atoms with van der Waals surface area (Å²) >= 11 is 0. The first-order valence-corrected chi connectivity index (χ1v) is 27.5. The smallest absolute Gasteiger partial charge is 0.326 e. The van der Waals surface area contributed by atoms with Gasteiger partial charge in [0.05, 0.1) is 83.1 Å². The molecule has 0 aliphatic rings. The van der Waals surface area contributed by atoms with Crippen LogP contribution in [0.3, 0.4) is 0 Å². The van der Waals surface area contributed by atoms with Crippen molar-refractivity contribution >= 4 is 142 Å². The SMILES string of the molecule is NC(=O)C[C@H](NC(=O)[C@H](CC(N)=O)NC(=O)[C@H](CC(N)=O)NC(=O)[C@H](CC(N)=O)NC(=O)[C@H](CC(N)=O)NC(=O)[C@H](CC(N)=O)NC(=O)[C@H](CC(N)=O)NC(=O)[C@H](CC(N)=O)NC(=O)[C@H](CC(N)=O)NC(=O)[C@H](CC(N)=O)NC(=O)[C@H](CC(N)=O)NC(=O)[C@@H](N)CC(N)=O)C(=O)O. The average molecular weight is 1390 g/mol. The van der Waals surface area contributed by atoms with Crippen molar-refractivity contribution in [1.82, 2.24) is 58.5 Å². The third-order valence-corrected chi connectivity index (χ3v) is 12.2. The Bertz CT molecular complexity index is 3160. The molecule has 0 aliphatic heterocycles. The molecule has 0 fully saturated rings. The normalized spacial score (nSPS) is 14.3. The van der Waals surface area contributed by atoms with E-state index < -0.39 is 291 Å². The molecule has 0 saturated heterocycles. The molecular weight excluding hydrogens is 1310 g/mol. The van der Waals surface area contributed by atoms with E-state index >= 15 is 0 Å². The van der Waals surface area contributed by atoms with Crippen LogP contribution in [-0.4, -0.2) is 219 Å². The molecule has 536 valence electrons. The van der Waals surface area contributed by atoms with Gasteiger partial charge in [0, 0.05) is 0 Å². The highest BCUT2D eigenvalue weighted by Gasteiger charge is 2.39. The van der Waals surface area contributed by atoms with Crippen molar-refractivity contribution in [2.75, 3.05) is 0 Å². The minimum absolute atomic E-state index is 0.764. The predicted octanol–water partition coefficient (Wildman–Crippen LogP) is -19.8. The first-order chi connectivity index (χ1) is 44.7. The molecule has 0 aromatic rings. The van der Waals surface area contributed by atoms with Crippen molar-refractivity contribution < 1.29 is 120 Å². The highest BCUT2D eigenvalue weighted by Crippen LogP contribution is 2.08. The second-order valence-corrected chi connectivity index (χ2v) is 20.7. The van der Waals surface area contributed by atoms with Gasteiger partial charge in [0.25, 0.3) is 0 Å². The number of aliphatic carboxylic acids is 1. The second kappa shape index (κ2) is 40.3. The van der Waals surface area contributed by atoms with Gasteiger partial charge in [0.15, 0.2) is 0 Å². The number of carbonyl (C=O) groups is 24. The fourth-order valence-electron chi connectivity index (χ4n) is 7.82. The van der Waals surface area contributed by atoms with E-state index in [4.69, 9.17) is 74.5 Å². The zero-order chi connectivity index (χ0) is 75.0. The Morgan fingerprint density at radius 2 is 0.289 bits per heavy atom. The van der Waals surface area contributed by atoms with E-state index in [1.54, 1.807) is 0 Å². The molecule has 0 aromatic heterocycles. The van der Waals surface area contributed by atoms with Gasteiger partial charge in [-0.2, -0.15) is 0 Å². The molecular formula is C48H74N24O25. The number of carbonyl (C=O) groups excluding carboxylic acids is 23. The number of hydrogen-bond acceptors (Lipinski definition) is 25. The van der Waals surface area contributed by atoms with Gasteiger partial charge in [-0.05, 0) is 0 Å². The Morgan fingerprint density at radius 3 is 0.402 bits per heavy atom. The lowest BCUT2D eigenvalue weighted by molar-refractivity contribution is -0.144. The monoisotopic (exact) mass is 1390 g/mol. The molecule has 38 N–H and O–H groups in total. The Balaban J connectivity index is 7.07. The lowest BCUT2D eigenvalue weighted by Crippen LogP contribution is -2.62. The van der Waals surface area contributed by atoms with Crippen molar-refractivity contribution in [3.8, 4) is 0 Å². The summed E-state index contributed by atoms with van der Waals surface area (Å²) in [5.74, 6) is -35.2. The maximum Gasteiger partial charge on any atom is 0.326 e. The third-order valence-electron chi connectivity index (χ3n) is 12.2. The lowest BCUT2D eigenvalue weighted by atomic mass is 10.1. The molecule has 0 bridgehead atoms. The van der Waals surface area contributed by atoms with Gasteiger partial charge < -0.3 is 138 Å². The van der Waals surface area contributed by atoms with Crippen molar-refractivity contribution in [2.24, 2.45) is 74.5 Å². The number of carboxylic acids is 1. The summed E-state index contributed by atoms with van der Waals surface area (Å²) < 4.78 is 0. The number of nitrogens with one attached hydrogen (secondary N) is 11. The summed E-state index contributed by atoms with van der Waals surface area (Å²) in [7, 11) is 0. The minimum atomic E-state index is -2.35. The van der Waals surface area contributed by atoms with Crippen LogP contribution >= 0.6 is 0 Å². The Morgan fingerprint density at radius 1 is 0.186 bits per heavy atom. The topological polar surface area (TPSA) is 901 Å². The van der Waals surface area contributed by atoms with E-state index in [0.717, 1.165) is 0 Å². The molecule has 0 saturated carbocycles. The highest BCUT2D eigenvalue weighted by molar-refractivity contribution is 6.04. The van der Waals surface area contributed by atoms with Gasteiger partial charge in [-0.15, -0.1) is 0 Å². The maximum atomic E-state index is 13.9. The fraction of sp³-hybridized carbons (Fsp3) is 0.500. The van der Waals surface area contributed by atoms with Crippen molar-refractivity contribution in [2.45, 2.75) is 150 Å². The van der Waals surface area contributed by atoms with Crippen LogP contribution in [0, 0.1) is 0 Å². The van der Waals surface area contributed by atoms with E-state index in [-0.39, 0.29) is 0 Å². The second-order valence-electron chi connectivity index (χ2n) is 20.7. The molecule has 49 heteroatoms. The Labute approximate surface area is 543 Å². The molecule has 0 radical (unpaired) electrons. The van der Waals surface area contributed by atoms with E-state index in [9.17, 15) is 120 Å². The molecule has 12 atom stereocenters. The molecule has 0 aliphatic carbocycles. The molecule has 23 amide bonds. The summed E-state index contributed by atoms with van der Waals surface area (Å²) in [6.45, 7) is 0. The zero-order valence-electron chi connectivity index (χ0n) is 50.7. The van der Waals surface area contributed by atoms with Crippen LogP contribution in [0.4, 0.5) is 0 Å². The van der Waals surface area contributed by atoms with E-state index in [1.165, 1.54) is 0 Å². The summed E-state index contributed by atoms with van der Waals surface area (Å²) in [4.78, 5) is 304. The van der Waals surface area contributed by atoms with Gasteiger partial charge in [-0.3, -0.25) is 110 Å². The maximum absolute atomic E-state index is 13.9. The predicted molar refractivity (Wildman–Crippen MR) is 313 cm³/mol. The van der Waals surface area contributed by atoms with Crippen LogP contribution in [0.25, 0.3) is 0 Å². The summed E-state index contributed by atoms with van der Waals surface area (Å²) in [5.41, 5.74) is 68.0. The van der Waals surface area contributed by atoms with Crippen molar-refractivity contribution in [3.63, 3.8) is 0 Å². The number of hydrogen-bond donors (Lipinski definition) is 25. The first kappa shape index (κ1) is 84.2. The standard InChI is InChI=1S/C48H74N24O25/c49-13(1-25(50)73)37(85)62-14(2-26(51)74)38(86)63-15(3-27(52)75)39(87)64-16(4-28(53)76)40(88)65-17(5-29(54)77)41(89)66-18(6-30(55)78)42(90)67-19(7-31(56)79)43(91)68-20(8-32(57)80)44(92)69-21(9-33(58)81)45(93)70-22(10-34(59)82)46(94)71-23(11-35(60)83)47(95)72-24(48(96)97)12-36(61)84/h13-24H,1-12,49H2,(H2,50,73)(H2,51,74)(H2,52,75)(H2,53,76)(H2,54,77)(H2,55,78)(H2,56,79)(H2,57,80)(H2,58,81)(H2,59,82)(H2,60,83)(H2,61,84)(H,62,85)(H,63,86)(H,64,87)(H,65,88)(H,66,89)(H,67,90)(H,68,91)(H,69,92)(H,70,93)(H,71,94)(H,72,95)(H,96,97)/t13-,14-,15-,16-,17-,18-,19-,20-,21-,22-,23-,24-/m0/s1. The average Bonchev–Trinajstić information content (AvgIpc) is 0.913. The highest BCUT2D eigenvalue weighted by atomic mass is 16.4. The summed E-state index contributed by atoms with van der Waals surface area (Å²) in [5, 5.41) is 30.2. The number of nitrogens with two attached hydrogens (primary N) is 13. The summed E-state index contributed by atoms with van der Waals surface area (Å²) in [6.07, 6.45) is -13.7. The van der Waals surface area contributed by atoms with Crippen LogP contribution in [0.1, 0.15) is 77.0 Å². The number of carboxylic acid groups (broad SMARTS) is 1. The van der Waals surface area contributed by atoms with Gasteiger partial charge in [0.2, 0.25) is 136 Å². The van der Waals surface area contributed by atoms with E-state index in [1.807, 2.05) is 58.5 Å². The molecule has 0 aromatic carbocycles. The van der Waals surface area contributed by atoms with Gasteiger partial charge >= 0.3 is 5.97 Å². The molecule has 0 rings (SSSR count). The Hall–Kier alpha value is -12.8. The lowest BCUT2D eigenvalue weighted by Gasteiger charge is -2.27. The largest absolute Gasteiger partial charge is 0.480 e. The zero-order valence-corrected chi connectivity index (χ0v) is 50.7. The summed E-state index contributed by atoms with van der Waals surface area (Å²) in [6, 6.07) is -26.1. The molecule has 0 spiro atoms. The third kappa shape index (κ3) is 33.9.